The molecule has 0 saturated carbocycles. The Kier molecular flexibility index (Phi) is 7.13. The fraction of sp³-hybridized carbons (Fsp3) is 0.471. The molecule has 0 heterocycles. The predicted octanol–water partition coefficient (Wildman–Crippen LogP) is 1.87. The maximum absolute atomic E-state index is 13.0. The Morgan fingerprint density at radius 1 is 1.29 bits per heavy atom. The maximum Gasteiger partial charge on any atom is 0.326 e. The van der Waals surface area contributed by atoms with Gasteiger partial charge in [0.1, 0.15) is 6.04 Å². The Bertz CT molecular complexity index is 688. The van der Waals surface area contributed by atoms with E-state index in [4.69, 9.17) is 0 Å². The molecule has 0 saturated heterocycles. The van der Waals surface area contributed by atoms with Gasteiger partial charge in [0, 0.05) is 6.54 Å². The van der Waals surface area contributed by atoms with E-state index >= 15 is 0 Å². The lowest BCUT2D eigenvalue weighted by Gasteiger charge is -2.30. The summed E-state index contributed by atoms with van der Waals surface area (Å²) >= 11 is 0. The predicted molar refractivity (Wildman–Crippen MR) is 92.0 cm³/mol. The van der Waals surface area contributed by atoms with Gasteiger partial charge in [-0.15, -0.1) is 0 Å². The lowest BCUT2D eigenvalue weighted by Crippen LogP contribution is -2.51. The summed E-state index contributed by atoms with van der Waals surface area (Å²) in [6, 6.07) is 5.01. The topological polar surface area (TPSA) is 83.9 Å². The zero-order chi connectivity index (χ0) is 18.5. The first kappa shape index (κ1) is 20.3. The molecule has 0 fully saturated rings. The van der Waals surface area contributed by atoms with E-state index in [1.807, 2.05) is 20.8 Å². The van der Waals surface area contributed by atoms with Gasteiger partial charge in [0.15, 0.2) is 0 Å². The van der Waals surface area contributed by atoms with Crippen LogP contribution in [0.3, 0.4) is 0 Å². The van der Waals surface area contributed by atoms with E-state index in [9.17, 15) is 18.3 Å². The molecule has 0 aliphatic heterocycles. The van der Waals surface area contributed by atoms with Crippen LogP contribution in [0.4, 0.5) is 0 Å². The van der Waals surface area contributed by atoms with Gasteiger partial charge >= 0.3 is 5.97 Å². The standard InChI is InChI=1S/C17H25NO5S/c1-12(2)10-11-18(16(14(4)19)17(20)23-5)24(21,22)15-8-6-13(3)7-9-15/h6-10,14,16,19H,11H2,1-5H3. The van der Waals surface area contributed by atoms with Gasteiger partial charge in [-0.25, -0.2) is 8.42 Å². The van der Waals surface area contributed by atoms with Crippen LogP contribution in [0.15, 0.2) is 40.8 Å². The van der Waals surface area contributed by atoms with Gasteiger partial charge < -0.3 is 9.84 Å². The Balaban J connectivity index is 3.42. The number of aliphatic hydroxyl groups is 1. The van der Waals surface area contributed by atoms with Gasteiger partial charge in [0.25, 0.3) is 0 Å². The van der Waals surface area contributed by atoms with E-state index in [2.05, 4.69) is 4.74 Å². The number of nitrogens with zero attached hydrogens (tertiary/aromatic N) is 1. The molecule has 0 aliphatic carbocycles. The zero-order valence-electron chi connectivity index (χ0n) is 14.7. The second kappa shape index (κ2) is 8.41. The average molecular weight is 355 g/mol. The Morgan fingerprint density at radius 2 is 1.83 bits per heavy atom. The summed E-state index contributed by atoms with van der Waals surface area (Å²) in [5.74, 6) is -0.803. The van der Waals surface area contributed by atoms with Crippen LogP contribution in [-0.4, -0.2) is 49.6 Å². The lowest BCUT2D eigenvalue weighted by atomic mass is 10.2. The summed E-state index contributed by atoms with van der Waals surface area (Å²) in [7, 11) is -2.82. The number of aryl methyl sites for hydroxylation is 1. The largest absolute Gasteiger partial charge is 0.468 e. The molecule has 1 rings (SSSR count). The molecule has 0 amide bonds. The third kappa shape index (κ3) is 4.90. The highest BCUT2D eigenvalue weighted by molar-refractivity contribution is 7.89. The normalized spacial score (nSPS) is 14.1. The monoisotopic (exact) mass is 355 g/mol. The molecule has 1 N–H and O–H groups in total. The molecule has 1 aromatic carbocycles. The molecule has 0 radical (unpaired) electrons. The molecule has 7 heteroatoms. The number of esters is 1. The summed E-state index contributed by atoms with van der Waals surface area (Å²) in [6.07, 6.45) is 0.465. The molecule has 6 nitrogen and oxygen atoms in total. The quantitative estimate of drug-likeness (QED) is 0.596. The van der Waals surface area contributed by atoms with Crippen LogP contribution >= 0.6 is 0 Å². The summed E-state index contributed by atoms with van der Waals surface area (Å²) in [5.41, 5.74) is 1.82. The van der Waals surface area contributed by atoms with Crippen LogP contribution in [0.25, 0.3) is 0 Å². The number of hydrogen-bond acceptors (Lipinski definition) is 5. The van der Waals surface area contributed by atoms with Gasteiger partial charge in [0.05, 0.1) is 18.1 Å². The number of benzene rings is 1. The molecular formula is C17H25NO5S. The van der Waals surface area contributed by atoms with Crippen molar-refractivity contribution < 1.29 is 23.1 Å². The van der Waals surface area contributed by atoms with Crippen LogP contribution in [-0.2, 0) is 19.6 Å². The number of methoxy groups -OCH3 is 1. The van der Waals surface area contributed by atoms with Crippen molar-refractivity contribution in [3.8, 4) is 0 Å². The van der Waals surface area contributed by atoms with E-state index in [1.54, 1.807) is 18.2 Å². The minimum Gasteiger partial charge on any atom is -0.468 e. The first-order chi connectivity index (χ1) is 11.1. The summed E-state index contributed by atoms with van der Waals surface area (Å²) in [5, 5.41) is 9.98. The number of ether oxygens (including phenoxy) is 1. The molecular weight excluding hydrogens is 330 g/mol. The van der Waals surface area contributed by atoms with Gasteiger partial charge in [0.2, 0.25) is 10.0 Å². The Hall–Kier alpha value is -1.70. The molecule has 24 heavy (non-hydrogen) atoms. The number of allylic oxidation sites excluding steroid dienone is 1. The minimum atomic E-state index is -3.98. The first-order valence-corrected chi connectivity index (χ1v) is 9.03. The van der Waals surface area contributed by atoms with E-state index in [1.165, 1.54) is 19.1 Å². The summed E-state index contributed by atoms with van der Waals surface area (Å²) in [4.78, 5) is 12.1. The van der Waals surface area contributed by atoms with Crippen molar-refractivity contribution in [1.82, 2.24) is 4.31 Å². The van der Waals surface area contributed by atoms with Crippen LogP contribution in [0.1, 0.15) is 26.3 Å². The second-order valence-corrected chi connectivity index (χ2v) is 7.77. The first-order valence-electron chi connectivity index (χ1n) is 7.59. The number of aliphatic hydroxyl groups excluding tert-OH is 1. The summed E-state index contributed by atoms with van der Waals surface area (Å²) in [6.45, 7) is 6.83. The highest BCUT2D eigenvalue weighted by Gasteiger charge is 2.39. The number of carbonyl (C=O) groups excluding carboxylic acids is 1. The van der Waals surface area contributed by atoms with Crippen molar-refractivity contribution in [2.45, 2.75) is 44.7 Å². The third-order valence-corrected chi connectivity index (χ3v) is 5.38. The van der Waals surface area contributed by atoms with Crippen molar-refractivity contribution in [2.24, 2.45) is 0 Å². The highest BCUT2D eigenvalue weighted by atomic mass is 32.2. The average Bonchev–Trinajstić information content (AvgIpc) is 2.50. The van der Waals surface area contributed by atoms with Crippen molar-refractivity contribution >= 4 is 16.0 Å². The Morgan fingerprint density at radius 3 is 2.25 bits per heavy atom. The minimum absolute atomic E-state index is 0.0385. The molecule has 0 aromatic heterocycles. The van der Waals surface area contributed by atoms with Crippen LogP contribution in [0.5, 0.6) is 0 Å². The fourth-order valence-electron chi connectivity index (χ4n) is 2.16. The van der Waals surface area contributed by atoms with Crippen molar-refractivity contribution in [2.75, 3.05) is 13.7 Å². The molecule has 0 bridgehead atoms. The molecule has 1 aromatic rings. The van der Waals surface area contributed by atoms with E-state index < -0.39 is 28.1 Å². The van der Waals surface area contributed by atoms with E-state index in [0.717, 1.165) is 22.6 Å². The van der Waals surface area contributed by atoms with Gasteiger partial charge in [-0.2, -0.15) is 4.31 Å². The molecule has 134 valence electrons. The Labute approximate surface area is 143 Å². The highest BCUT2D eigenvalue weighted by Crippen LogP contribution is 2.21. The van der Waals surface area contributed by atoms with E-state index in [-0.39, 0.29) is 11.4 Å². The van der Waals surface area contributed by atoms with Crippen molar-refractivity contribution in [3.05, 3.63) is 41.5 Å². The summed E-state index contributed by atoms with van der Waals surface area (Å²) < 4.78 is 31.7. The molecule has 2 unspecified atom stereocenters. The number of rotatable bonds is 7. The number of sulfonamides is 1. The molecule has 0 aliphatic rings. The fourth-order valence-corrected chi connectivity index (χ4v) is 3.74. The van der Waals surface area contributed by atoms with E-state index in [0.29, 0.717) is 0 Å². The maximum atomic E-state index is 13.0. The second-order valence-electron chi connectivity index (χ2n) is 5.88. The third-order valence-electron chi connectivity index (χ3n) is 3.52. The number of carbonyl (C=O) groups is 1. The molecule has 0 spiro atoms. The van der Waals surface area contributed by atoms with Crippen molar-refractivity contribution in [1.29, 1.82) is 0 Å². The van der Waals surface area contributed by atoms with Gasteiger partial charge in [-0.05, 0) is 39.8 Å². The van der Waals surface area contributed by atoms with Gasteiger partial charge in [-0.1, -0.05) is 29.3 Å². The molecule has 2 atom stereocenters. The van der Waals surface area contributed by atoms with Crippen LogP contribution in [0.2, 0.25) is 0 Å². The SMILES string of the molecule is COC(=O)C(C(C)O)N(CC=C(C)C)S(=O)(=O)c1ccc(C)cc1. The van der Waals surface area contributed by atoms with Crippen molar-refractivity contribution in [3.63, 3.8) is 0 Å². The smallest absolute Gasteiger partial charge is 0.326 e. The van der Waals surface area contributed by atoms with Crippen LogP contribution < -0.4 is 0 Å². The lowest BCUT2D eigenvalue weighted by molar-refractivity contribution is -0.148. The van der Waals surface area contributed by atoms with Gasteiger partial charge in [-0.3, -0.25) is 4.79 Å². The zero-order valence-corrected chi connectivity index (χ0v) is 15.5. The number of hydrogen-bond donors (Lipinski definition) is 1. The van der Waals surface area contributed by atoms with Crippen LogP contribution in [0, 0.1) is 6.92 Å².